The van der Waals surface area contributed by atoms with Crippen LogP contribution in [0.1, 0.15) is 29.9 Å². The molecule has 0 N–H and O–H groups in total. The predicted octanol–water partition coefficient (Wildman–Crippen LogP) is 3.93. The van der Waals surface area contributed by atoms with Gasteiger partial charge in [0.1, 0.15) is 5.76 Å². The van der Waals surface area contributed by atoms with Gasteiger partial charge in [-0.2, -0.15) is 0 Å². The fraction of sp³-hybridized carbons (Fsp3) is 0.258. The van der Waals surface area contributed by atoms with Gasteiger partial charge in [0.05, 0.1) is 28.5 Å². The molecular weight excluding hydrogens is 560 g/mol. The highest BCUT2D eigenvalue weighted by Crippen LogP contribution is 2.35. The Bertz CT molecular complexity index is 1780. The zero-order valence-corrected chi connectivity index (χ0v) is 24.3. The highest BCUT2D eigenvalue weighted by atomic mass is 35.5. The van der Waals surface area contributed by atoms with Crippen molar-refractivity contribution in [2.45, 2.75) is 13.0 Å². The lowest BCUT2D eigenvalue weighted by Crippen LogP contribution is -2.44. The van der Waals surface area contributed by atoms with Gasteiger partial charge in [-0.05, 0) is 37.7 Å². The van der Waals surface area contributed by atoms with Crippen molar-refractivity contribution in [1.29, 1.82) is 0 Å². The fourth-order valence-corrected chi connectivity index (χ4v) is 6.25. The fourth-order valence-electron chi connectivity index (χ4n) is 5.15. The van der Waals surface area contributed by atoms with Crippen LogP contribution >= 0.6 is 22.9 Å². The summed E-state index contributed by atoms with van der Waals surface area (Å²) in [5, 5.41) is 0.556. The lowest BCUT2D eigenvalue weighted by Gasteiger charge is -2.32. The van der Waals surface area contributed by atoms with Crippen LogP contribution in [0, 0.1) is 0 Å². The van der Waals surface area contributed by atoms with Crippen LogP contribution in [0.15, 0.2) is 86.5 Å². The number of furan rings is 1. The number of likely N-dealkylation sites (N-methyl/N-ethyl adjacent to an activating group) is 1. The zero-order chi connectivity index (χ0) is 28.5. The molecular formula is C31H29ClN4O4S. The number of esters is 1. The molecule has 0 radical (unpaired) electrons. The van der Waals surface area contributed by atoms with Crippen LogP contribution in [0.2, 0.25) is 5.02 Å². The van der Waals surface area contributed by atoms with Crippen molar-refractivity contribution in [3.8, 4) is 0 Å². The molecule has 41 heavy (non-hydrogen) atoms. The van der Waals surface area contributed by atoms with Gasteiger partial charge in [-0.3, -0.25) is 9.36 Å². The molecule has 2 aromatic carbocycles. The van der Waals surface area contributed by atoms with Gasteiger partial charge in [0.25, 0.3) is 5.56 Å². The second-order valence-corrected chi connectivity index (χ2v) is 11.4. The summed E-state index contributed by atoms with van der Waals surface area (Å²) in [6, 6.07) is 19.7. The number of hydrogen-bond donors (Lipinski definition) is 0. The van der Waals surface area contributed by atoms with Gasteiger partial charge < -0.3 is 19.0 Å². The molecule has 4 heterocycles. The van der Waals surface area contributed by atoms with Crippen molar-refractivity contribution in [3.05, 3.63) is 114 Å². The average Bonchev–Trinajstić information content (AvgIpc) is 3.58. The maximum absolute atomic E-state index is 14.0. The van der Waals surface area contributed by atoms with Crippen molar-refractivity contribution >= 4 is 46.6 Å². The van der Waals surface area contributed by atoms with E-state index in [2.05, 4.69) is 16.8 Å². The second kappa shape index (κ2) is 11.5. The van der Waals surface area contributed by atoms with Crippen LogP contribution in [0.5, 0.6) is 0 Å². The number of hydrogen-bond acceptors (Lipinski definition) is 8. The van der Waals surface area contributed by atoms with Crippen LogP contribution in [0.25, 0.3) is 11.8 Å². The molecule has 1 saturated heterocycles. The van der Waals surface area contributed by atoms with Crippen molar-refractivity contribution in [1.82, 2.24) is 9.47 Å². The Hall–Kier alpha value is -3.92. The number of fused-ring (bicyclic) bond motifs is 1. The molecule has 0 amide bonds. The SMILES string of the molecule is CCOC(=O)C1=C(c2ccccc2)N=c2sc(=Cc3ccc(N4CCN(C)CC4)o3)c(=O)n2C1c1ccc(Cl)cc1. The minimum Gasteiger partial charge on any atom is -0.463 e. The molecule has 210 valence electrons. The topological polar surface area (TPSA) is 80.3 Å². The molecule has 1 atom stereocenters. The molecule has 0 spiro atoms. The van der Waals surface area contributed by atoms with E-state index in [-0.39, 0.29) is 12.2 Å². The van der Waals surface area contributed by atoms with Gasteiger partial charge in [0.15, 0.2) is 10.7 Å². The minimum absolute atomic E-state index is 0.191. The monoisotopic (exact) mass is 588 g/mol. The molecule has 10 heteroatoms. The van der Waals surface area contributed by atoms with E-state index in [4.69, 9.17) is 25.7 Å². The smallest absolute Gasteiger partial charge is 0.338 e. The first-order valence-corrected chi connectivity index (χ1v) is 14.7. The molecule has 0 saturated carbocycles. The van der Waals surface area contributed by atoms with E-state index in [0.717, 1.165) is 43.2 Å². The molecule has 8 nitrogen and oxygen atoms in total. The lowest BCUT2D eigenvalue weighted by atomic mass is 9.93. The number of carbonyl (C=O) groups excluding carboxylic acids is 1. The number of benzene rings is 2. The Balaban J connectivity index is 1.51. The largest absolute Gasteiger partial charge is 0.463 e. The molecule has 2 aliphatic heterocycles. The number of thiazole rings is 1. The Labute approximate surface area is 246 Å². The van der Waals surface area contributed by atoms with E-state index in [9.17, 15) is 9.59 Å². The number of halogens is 1. The standard InChI is InChI=1S/C31H29ClN4O4S/c1-3-39-30(38)26-27(20-7-5-4-6-8-20)33-31-36(28(26)21-9-11-22(32)12-10-21)29(37)24(41-31)19-23-13-14-25(40-23)35-17-15-34(2)16-18-35/h4-14,19,28H,3,15-18H2,1-2H3. The summed E-state index contributed by atoms with van der Waals surface area (Å²) < 4.78 is 13.7. The van der Waals surface area contributed by atoms with Gasteiger partial charge in [-0.15, -0.1) is 0 Å². The highest BCUT2D eigenvalue weighted by Gasteiger charge is 2.35. The van der Waals surface area contributed by atoms with Gasteiger partial charge in [0, 0.05) is 48.9 Å². The molecule has 2 aromatic heterocycles. The van der Waals surface area contributed by atoms with Crippen LogP contribution in [0.4, 0.5) is 5.88 Å². The molecule has 0 aliphatic carbocycles. The van der Waals surface area contributed by atoms with Crippen molar-refractivity contribution in [2.75, 3.05) is 44.7 Å². The number of piperazine rings is 1. The molecule has 2 aliphatic rings. The summed E-state index contributed by atoms with van der Waals surface area (Å²) >= 11 is 7.47. The summed E-state index contributed by atoms with van der Waals surface area (Å²) in [7, 11) is 2.11. The number of carbonyl (C=O) groups is 1. The Morgan fingerprint density at radius 2 is 1.80 bits per heavy atom. The first kappa shape index (κ1) is 27.3. The van der Waals surface area contributed by atoms with E-state index >= 15 is 0 Å². The summed E-state index contributed by atoms with van der Waals surface area (Å²) in [5.41, 5.74) is 2.00. The zero-order valence-electron chi connectivity index (χ0n) is 22.7. The number of ether oxygens (including phenoxy) is 1. The van der Waals surface area contributed by atoms with E-state index in [1.54, 1.807) is 29.7 Å². The quantitative estimate of drug-likeness (QED) is 0.318. The number of rotatable bonds is 6. The first-order chi connectivity index (χ1) is 19.9. The first-order valence-electron chi connectivity index (χ1n) is 13.5. The van der Waals surface area contributed by atoms with Crippen molar-refractivity contribution < 1.29 is 13.9 Å². The summed E-state index contributed by atoms with van der Waals surface area (Å²) in [6.45, 7) is 5.64. The van der Waals surface area contributed by atoms with Crippen LogP contribution in [-0.4, -0.2) is 55.3 Å². The Morgan fingerprint density at radius 3 is 2.51 bits per heavy atom. The second-order valence-electron chi connectivity index (χ2n) is 9.95. The Kier molecular flexibility index (Phi) is 7.66. The van der Waals surface area contributed by atoms with Crippen molar-refractivity contribution in [2.24, 2.45) is 4.99 Å². The van der Waals surface area contributed by atoms with Gasteiger partial charge in [-0.25, -0.2) is 9.79 Å². The lowest BCUT2D eigenvalue weighted by molar-refractivity contribution is -0.138. The molecule has 1 fully saturated rings. The molecule has 0 bridgehead atoms. The van der Waals surface area contributed by atoms with Crippen LogP contribution in [0.3, 0.4) is 0 Å². The van der Waals surface area contributed by atoms with E-state index in [1.165, 1.54) is 11.3 Å². The van der Waals surface area contributed by atoms with Crippen LogP contribution in [-0.2, 0) is 9.53 Å². The average molecular weight is 589 g/mol. The number of nitrogens with zero attached hydrogens (tertiary/aromatic N) is 4. The summed E-state index contributed by atoms with van der Waals surface area (Å²) in [6.07, 6.45) is 1.75. The third-order valence-electron chi connectivity index (χ3n) is 7.26. The maximum Gasteiger partial charge on any atom is 0.338 e. The molecule has 6 rings (SSSR count). The number of aromatic nitrogens is 1. The van der Waals surface area contributed by atoms with Gasteiger partial charge in [0.2, 0.25) is 0 Å². The Morgan fingerprint density at radius 1 is 1.07 bits per heavy atom. The van der Waals surface area contributed by atoms with E-state index in [0.29, 0.717) is 31.4 Å². The van der Waals surface area contributed by atoms with Crippen molar-refractivity contribution in [3.63, 3.8) is 0 Å². The molecule has 4 aromatic rings. The number of anilines is 1. The van der Waals surface area contributed by atoms with Gasteiger partial charge >= 0.3 is 5.97 Å². The van der Waals surface area contributed by atoms with Gasteiger partial charge in [-0.1, -0.05) is 65.4 Å². The third kappa shape index (κ3) is 5.40. The van der Waals surface area contributed by atoms with E-state index < -0.39 is 12.0 Å². The normalized spacial score (nSPS) is 17.9. The summed E-state index contributed by atoms with van der Waals surface area (Å²) in [4.78, 5) is 37.4. The highest BCUT2D eigenvalue weighted by molar-refractivity contribution is 7.07. The van der Waals surface area contributed by atoms with Crippen LogP contribution < -0.4 is 19.8 Å². The van der Waals surface area contributed by atoms with E-state index in [1.807, 2.05) is 54.6 Å². The third-order valence-corrected chi connectivity index (χ3v) is 8.50. The molecule has 1 unspecified atom stereocenters. The summed E-state index contributed by atoms with van der Waals surface area (Å²) in [5.74, 6) is 0.847. The minimum atomic E-state index is -0.752. The maximum atomic E-state index is 14.0. The predicted molar refractivity (Wildman–Crippen MR) is 161 cm³/mol.